The molecule has 1 heterocycles. The highest BCUT2D eigenvalue weighted by molar-refractivity contribution is 5.28. The number of nitrogens with zero attached hydrogens (tertiary/aromatic N) is 3. The molecule has 5 heteroatoms. The van der Waals surface area contributed by atoms with E-state index in [1.54, 1.807) is 13.3 Å². The molecule has 1 atom stereocenters. The minimum absolute atomic E-state index is 0.273. The first kappa shape index (κ1) is 14.0. The maximum Gasteiger partial charge on any atom is 0.161 e. The van der Waals surface area contributed by atoms with Gasteiger partial charge < -0.3 is 15.0 Å². The van der Waals surface area contributed by atoms with Crippen molar-refractivity contribution < 1.29 is 4.74 Å². The minimum Gasteiger partial charge on any atom is -0.493 e. The van der Waals surface area contributed by atoms with Gasteiger partial charge >= 0.3 is 0 Å². The fourth-order valence-electron chi connectivity index (χ4n) is 1.94. The minimum atomic E-state index is 0.273. The van der Waals surface area contributed by atoms with Crippen molar-refractivity contribution in [2.75, 3.05) is 34.8 Å². The number of methoxy groups -OCH3 is 1. The molecule has 1 aromatic heterocycles. The average molecular weight is 240 g/mol. The predicted octanol–water partition coefficient (Wildman–Crippen LogP) is 1.12. The quantitative estimate of drug-likeness (QED) is 0.775. The maximum absolute atomic E-state index is 5.38. The molecule has 0 aliphatic rings. The monoisotopic (exact) mass is 240 g/mol. The van der Waals surface area contributed by atoms with Crippen LogP contribution in [0.4, 0.5) is 0 Å². The molecule has 0 fully saturated rings. The summed E-state index contributed by atoms with van der Waals surface area (Å²) in [5.74, 6) is 0.866. The normalized spacial score (nSPS) is 13.1. The summed E-state index contributed by atoms with van der Waals surface area (Å²) in [4.78, 5) is 2.18. The summed E-state index contributed by atoms with van der Waals surface area (Å²) in [6, 6.07) is 0.273. The van der Waals surface area contributed by atoms with Crippen LogP contribution < -0.4 is 10.1 Å². The molecule has 0 bridgehead atoms. The fourth-order valence-corrected chi connectivity index (χ4v) is 1.94. The van der Waals surface area contributed by atoms with Gasteiger partial charge in [0.15, 0.2) is 5.75 Å². The van der Waals surface area contributed by atoms with Crippen molar-refractivity contribution in [1.29, 1.82) is 0 Å². The lowest BCUT2D eigenvalue weighted by molar-refractivity contribution is 0.348. The molecule has 5 nitrogen and oxygen atoms in total. The van der Waals surface area contributed by atoms with Crippen LogP contribution in [0, 0.1) is 0 Å². The molecule has 0 aromatic carbocycles. The second-order valence-electron chi connectivity index (χ2n) is 4.35. The highest BCUT2D eigenvalue weighted by Crippen LogP contribution is 2.26. The number of nitrogens with one attached hydrogen (secondary N) is 1. The summed E-state index contributed by atoms with van der Waals surface area (Å²) >= 11 is 0. The zero-order valence-electron chi connectivity index (χ0n) is 11.5. The van der Waals surface area contributed by atoms with E-state index in [9.17, 15) is 0 Å². The SMILES string of the molecule is CCn1ncc(OC)c1C(CCN(C)C)NC. The Morgan fingerprint density at radius 1 is 1.53 bits per heavy atom. The Labute approximate surface area is 104 Å². The summed E-state index contributed by atoms with van der Waals surface area (Å²) in [7, 11) is 7.84. The van der Waals surface area contributed by atoms with Gasteiger partial charge in [-0.1, -0.05) is 0 Å². The van der Waals surface area contributed by atoms with Gasteiger partial charge in [-0.3, -0.25) is 4.68 Å². The predicted molar refractivity (Wildman–Crippen MR) is 69.4 cm³/mol. The summed E-state index contributed by atoms with van der Waals surface area (Å²) < 4.78 is 7.38. The Kier molecular flexibility index (Phi) is 5.44. The molecule has 0 saturated heterocycles. The van der Waals surface area contributed by atoms with E-state index >= 15 is 0 Å². The third-order valence-electron chi connectivity index (χ3n) is 2.91. The lowest BCUT2D eigenvalue weighted by Crippen LogP contribution is -2.25. The number of ether oxygens (including phenoxy) is 1. The second-order valence-corrected chi connectivity index (χ2v) is 4.35. The number of aryl methyl sites for hydroxylation is 1. The van der Waals surface area contributed by atoms with E-state index < -0.39 is 0 Å². The number of hydrogen-bond acceptors (Lipinski definition) is 4. The lowest BCUT2D eigenvalue weighted by Gasteiger charge is -2.20. The molecular formula is C12H24N4O. The van der Waals surface area contributed by atoms with Crippen LogP contribution in [0.3, 0.4) is 0 Å². The fraction of sp³-hybridized carbons (Fsp3) is 0.750. The molecule has 98 valence electrons. The van der Waals surface area contributed by atoms with Crippen LogP contribution in [0.1, 0.15) is 25.1 Å². The highest BCUT2D eigenvalue weighted by atomic mass is 16.5. The molecular weight excluding hydrogens is 216 g/mol. The molecule has 17 heavy (non-hydrogen) atoms. The molecule has 1 aromatic rings. The average Bonchev–Trinajstić information content (AvgIpc) is 2.72. The van der Waals surface area contributed by atoms with E-state index in [1.807, 2.05) is 11.7 Å². The van der Waals surface area contributed by atoms with Crippen LogP contribution in [0.15, 0.2) is 6.20 Å². The molecule has 0 radical (unpaired) electrons. The van der Waals surface area contributed by atoms with Gasteiger partial charge in [0.1, 0.15) is 0 Å². The standard InChI is InChI=1S/C12H24N4O/c1-6-16-12(11(17-5)9-14-16)10(13-2)7-8-15(3)4/h9-10,13H,6-8H2,1-5H3. The maximum atomic E-state index is 5.38. The lowest BCUT2D eigenvalue weighted by atomic mass is 10.1. The first-order valence-electron chi connectivity index (χ1n) is 6.05. The van der Waals surface area contributed by atoms with Gasteiger partial charge in [-0.05, 0) is 41.0 Å². The van der Waals surface area contributed by atoms with Gasteiger partial charge in [0.2, 0.25) is 0 Å². The molecule has 0 aliphatic heterocycles. The zero-order chi connectivity index (χ0) is 12.8. The van der Waals surface area contributed by atoms with Crippen molar-refractivity contribution in [1.82, 2.24) is 20.0 Å². The van der Waals surface area contributed by atoms with E-state index in [-0.39, 0.29) is 6.04 Å². The zero-order valence-corrected chi connectivity index (χ0v) is 11.5. The number of aromatic nitrogens is 2. The Morgan fingerprint density at radius 2 is 2.24 bits per heavy atom. The summed E-state index contributed by atoms with van der Waals surface area (Å²) in [6.07, 6.45) is 2.82. The van der Waals surface area contributed by atoms with E-state index in [0.717, 1.165) is 31.0 Å². The Bertz CT molecular complexity index is 314. The number of hydrogen-bond donors (Lipinski definition) is 1. The summed E-state index contributed by atoms with van der Waals surface area (Å²) in [5.41, 5.74) is 1.14. The molecule has 1 N–H and O–H groups in total. The molecule has 0 amide bonds. The first-order chi connectivity index (χ1) is 8.13. The van der Waals surface area contributed by atoms with Crippen molar-refractivity contribution >= 4 is 0 Å². The van der Waals surface area contributed by atoms with Crippen LogP contribution in [0.2, 0.25) is 0 Å². The first-order valence-corrected chi connectivity index (χ1v) is 6.05. The van der Waals surface area contributed by atoms with Gasteiger partial charge in [0.25, 0.3) is 0 Å². The molecule has 0 saturated carbocycles. The van der Waals surface area contributed by atoms with Crippen LogP contribution in [-0.4, -0.2) is 49.5 Å². The third-order valence-corrected chi connectivity index (χ3v) is 2.91. The van der Waals surface area contributed by atoms with Gasteiger partial charge in [-0.25, -0.2) is 0 Å². The van der Waals surface area contributed by atoms with E-state index in [0.29, 0.717) is 0 Å². The van der Waals surface area contributed by atoms with Crippen molar-refractivity contribution in [3.05, 3.63) is 11.9 Å². The third kappa shape index (κ3) is 3.44. The van der Waals surface area contributed by atoms with Crippen molar-refractivity contribution in [2.45, 2.75) is 25.9 Å². The molecule has 1 unspecified atom stereocenters. The largest absolute Gasteiger partial charge is 0.493 e. The van der Waals surface area contributed by atoms with Gasteiger partial charge in [-0.15, -0.1) is 0 Å². The molecule has 0 aliphatic carbocycles. The van der Waals surface area contributed by atoms with Crippen LogP contribution in [-0.2, 0) is 6.54 Å². The smallest absolute Gasteiger partial charge is 0.161 e. The Balaban J connectivity index is 2.88. The van der Waals surface area contributed by atoms with Crippen LogP contribution in [0.25, 0.3) is 0 Å². The second kappa shape index (κ2) is 6.61. The van der Waals surface area contributed by atoms with E-state index in [2.05, 4.69) is 36.3 Å². The van der Waals surface area contributed by atoms with Crippen LogP contribution in [0.5, 0.6) is 5.75 Å². The van der Waals surface area contributed by atoms with Gasteiger partial charge in [0, 0.05) is 6.54 Å². The topological polar surface area (TPSA) is 42.3 Å². The number of rotatable bonds is 7. The van der Waals surface area contributed by atoms with Crippen LogP contribution >= 0.6 is 0 Å². The van der Waals surface area contributed by atoms with Crippen molar-refractivity contribution in [2.24, 2.45) is 0 Å². The van der Waals surface area contributed by atoms with Crippen molar-refractivity contribution in [3.8, 4) is 5.75 Å². The van der Waals surface area contributed by atoms with Gasteiger partial charge in [0.05, 0.1) is 25.0 Å². The summed E-state index contributed by atoms with van der Waals surface area (Å²) in [6.45, 7) is 3.98. The highest BCUT2D eigenvalue weighted by Gasteiger charge is 2.19. The summed E-state index contributed by atoms with van der Waals surface area (Å²) in [5, 5.41) is 7.68. The Hall–Kier alpha value is -1.07. The Morgan fingerprint density at radius 3 is 2.71 bits per heavy atom. The van der Waals surface area contributed by atoms with Crippen molar-refractivity contribution in [3.63, 3.8) is 0 Å². The molecule has 1 rings (SSSR count). The van der Waals surface area contributed by atoms with E-state index in [1.165, 1.54) is 0 Å². The van der Waals surface area contributed by atoms with E-state index in [4.69, 9.17) is 4.74 Å². The molecule has 0 spiro atoms. The van der Waals surface area contributed by atoms with Gasteiger partial charge in [-0.2, -0.15) is 5.10 Å².